The molecular formula is C15H19ClN4OS2. The van der Waals surface area contributed by atoms with Crippen molar-refractivity contribution in [3.8, 4) is 0 Å². The molecule has 2 aromatic rings. The van der Waals surface area contributed by atoms with Gasteiger partial charge in [-0.1, -0.05) is 53.4 Å². The first-order valence-electron chi connectivity index (χ1n) is 7.27. The van der Waals surface area contributed by atoms with Gasteiger partial charge in [0.1, 0.15) is 0 Å². The fourth-order valence-electron chi connectivity index (χ4n) is 2.50. The lowest BCUT2D eigenvalue weighted by Gasteiger charge is -2.07. The van der Waals surface area contributed by atoms with Crippen LogP contribution in [-0.4, -0.2) is 22.1 Å². The number of anilines is 1. The number of benzene rings is 1. The minimum Gasteiger partial charge on any atom is -0.328 e. The zero-order chi connectivity index (χ0) is 15.4. The van der Waals surface area contributed by atoms with Crippen LogP contribution in [-0.2, 0) is 10.5 Å². The van der Waals surface area contributed by atoms with Gasteiger partial charge in [-0.2, -0.15) is 0 Å². The van der Waals surface area contributed by atoms with E-state index in [1.807, 2.05) is 18.2 Å². The highest BCUT2D eigenvalue weighted by atomic mass is 35.5. The number of amides is 1. The lowest BCUT2D eigenvalue weighted by atomic mass is 10.1. The Bertz CT molecular complexity index is 637. The predicted octanol–water partition coefficient (Wildman–Crippen LogP) is 3.32. The number of nitrogens with zero attached hydrogens (tertiary/aromatic N) is 2. The molecule has 5 nitrogen and oxygen atoms in total. The van der Waals surface area contributed by atoms with E-state index in [0.29, 0.717) is 5.13 Å². The lowest BCUT2D eigenvalue weighted by Crippen LogP contribution is -2.23. The number of nitrogens with one attached hydrogen (secondary N) is 1. The van der Waals surface area contributed by atoms with E-state index in [1.165, 1.54) is 16.9 Å². The summed E-state index contributed by atoms with van der Waals surface area (Å²) in [6.07, 6.45) is 2.55. The molecule has 23 heavy (non-hydrogen) atoms. The number of rotatable bonds is 5. The smallest absolute Gasteiger partial charge is 0.229 e. The molecule has 0 bridgehead atoms. The fraction of sp³-hybridized carbons (Fsp3) is 0.400. The Labute approximate surface area is 149 Å². The molecule has 1 fully saturated rings. The quantitative estimate of drug-likeness (QED) is 0.623. The second-order valence-corrected chi connectivity index (χ2v) is 7.61. The van der Waals surface area contributed by atoms with Crippen LogP contribution < -0.4 is 11.1 Å². The standard InChI is InChI=1S/C15H18N4OS2.ClH/c16-12-7-6-11(8-12)13(20)17-14-18-19-15(22-14)21-9-10-4-2-1-3-5-10;/h1-5,11-12H,6-9,16H2,(H,17,18,20);1H. The highest BCUT2D eigenvalue weighted by Gasteiger charge is 2.28. The van der Waals surface area contributed by atoms with Gasteiger partial charge in [0.25, 0.3) is 0 Å². The Balaban J connectivity index is 0.00000192. The summed E-state index contributed by atoms with van der Waals surface area (Å²) in [4.78, 5) is 12.1. The monoisotopic (exact) mass is 370 g/mol. The molecule has 3 rings (SSSR count). The molecule has 3 N–H and O–H groups in total. The number of thioether (sulfide) groups is 1. The van der Waals surface area contributed by atoms with Gasteiger partial charge in [0, 0.05) is 17.7 Å². The zero-order valence-electron chi connectivity index (χ0n) is 12.5. The van der Waals surface area contributed by atoms with Gasteiger partial charge in [-0.3, -0.25) is 4.79 Å². The Morgan fingerprint density at radius 2 is 2.09 bits per heavy atom. The van der Waals surface area contributed by atoms with Gasteiger partial charge in [0.15, 0.2) is 4.34 Å². The minimum atomic E-state index is 0. The number of carbonyl (C=O) groups is 1. The third-order valence-electron chi connectivity index (χ3n) is 3.69. The molecule has 1 aromatic carbocycles. The van der Waals surface area contributed by atoms with Gasteiger partial charge in [0.2, 0.25) is 11.0 Å². The van der Waals surface area contributed by atoms with Gasteiger partial charge in [-0.15, -0.1) is 22.6 Å². The van der Waals surface area contributed by atoms with Crippen molar-refractivity contribution in [2.24, 2.45) is 11.7 Å². The third-order valence-corrected chi connectivity index (χ3v) is 5.73. The van der Waals surface area contributed by atoms with Crippen LogP contribution in [0, 0.1) is 5.92 Å². The maximum absolute atomic E-state index is 12.1. The van der Waals surface area contributed by atoms with Crippen molar-refractivity contribution in [1.29, 1.82) is 0 Å². The molecule has 1 heterocycles. The maximum Gasteiger partial charge on any atom is 0.229 e. The van der Waals surface area contributed by atoms with Crippen molar-refractivity contribution in [3.05, 3.63) is 35.9 Å². The van der Waals surface area contributed by atoms with Crippen LogP contribution in [0.25, 0.3) is 0 Å². The molecule has 2 unspecified atom stereocenters. The average molecular weight is 371 g/mol. The molecule has 0 radical (unpaired) electrons. The second-order valence-electron chi connectivity index (χ2n) is 5.41. The van der Waals surface area contributed by atoms with Crippen LogP contribution in [0.15, 0.2) is 34.7 Å². The molecule has 1 saturated carbocycles. The molecule has 124 valence electrons. The molecule has 1 aliphatic carbocycles. The normalized spacial score (nSPS) is 20.0. The molecule has 0 aliphatic heterocycles. The third kappa shape index (κ3) is 5.17. The number of aromatic nitrogens is 2. The SMILES string of the molecule is Cl.NC1CCC(C(=O)Nc2nnc(SCc3ccccc3)s2)C1. The topological polar surface area (TPSA) is 80.9 Å². The van der Waals surface area contributed by atoms with Crippen LogP contribution in [0.4, 0.5) is 5.13 Å². The molecule has 8 heteroatoms. The Morgan fingerprint density at radius 1 is 1.30 bits per heavy atom. The van der Waals surface area contributed by atoms with Crippen LogP contribution in [0.2, 0.25) is 0 Å². The summed E-state index contributed by atoms with van der Waals surface area (Å²) in [5, 5.41) is 11.6. The van der Waals surface area contributed by atoms with Gasteiger partial charge in [0.05, 0.1) is 0 Å². The van der Waals surface area contributed by atoms with E-state index in [-0.39, 0.29) is 30.3 Å². The van der Waals surface area contributed by atoms with Crippen molar-refractivity contribution in [3.63, 3.8) is 0 Å². The first-order valence-corrected chi connectivity index (χ1v) is 9.07. The van der Waals surface area contributed by atoms with E-state index in [0.717, 1.165) is 29.4 Å². The van der Waals surface area contributed by atoms with E-state index in [1.54, 1.807) is 11.8 Å². The molecule has 1 aromatic heterocycles. The van der Waals surface area contributed by atoms with Gasteiger partial charge in [-0.25, -0.2) is 0 Å². The Kier molecular flexibility index (Phi) is 6.83. The van der Waals surface area contributed by atoms with Gasteiger partial charge in [-0.05, 0) is 24.8 Å². The van der Waals surface area contributed by atoms with Crippen molar-refractivity contribution in [2.45, 2.75) is 35.4 Å². The van der Waals surface area contributed by atoms with Gasteiger partial charge >= 0.3 is 0 Å². The summed E-state index contributed by atoms with van der Waals surface area (Å²) in [6.45, 7) is 0. The highest BCUT2D eigenvalue weighted by molar-refractivity contribution is 8.00. The van der Waals surface area contributed by atoms with E-state index in [9.17, 15) is 4.79 Å². The zero-order valence-corrected chi connectivity index (χ0v) is 14.9. The second kappa shape index (κ2) is 8.63. The van der Waals surface area contributed by atoms with E-state index in [4.69, 9.17) is 5.73 Å². The molecule has 0 spiro atoms. The molecular weight excluding hydrogens is 352 g/mol. The van der Waals surface area contributed by atoms with E-state index in [2.05, 4.69) is 27.6 Å². The molecule has 2 atom stereocenters. The Morgan fingerprint density at radius 3 is 2.78 bits per heavy atom. The van der Waals surface area contributed by atoms with Crippen molar-refractivity contribution in [1.82, 2.24) is 10.2 Å². The number of nitrogens with two attached hydrogens (primary N) is 1. The molecule has 1 amide bonds. The fourth-order valence-corrected chi connectivity index (χ4v) is 4.21. The largest absolute Gasteiger partial charge is 0.328 e. The lowest BCUT2D eigenvalue weighted by molar-refractivity contribution is -0.119. The van der Waals surface area contributed by atoms with Crippen LogP contribution in [0.3, 0.4) is 0 Å². The Hall–Kier alpha value is -1.15. The highest BCUT2D eigenvalue weighted by Crippen LogP contribution is 2.30. The summed E-state index contributed by atoms with van der Waals surface area (Å²) in [5.41, 5.74) is 7.09. The number of hydrogen-bond donors (Lipinski definition) is 2. The number of carbonyl (C=O) groups excluding carboxylic acids is 1. The van der Waals surface area contributed by atoms with Crippen LogP contribution in [0.1, 0.15) is 24.8 Å². The first kappa shape index (κ1) is 18.2. The minimum absolute atomic E-state index is 0. The molecule has 1 aliphatic rings. The summed E-state index contributed by atoms with van der Waals surface area (Å²) in [6, 6.07) is 10.4. The average Bonchev–Trinajstić information content (AvgIpc) is 3.15. The first-order chi connectivity index (χ1) is 10.7. The van der Waals surface area contributed by atoms with E-state index < -0.39 is 0 Å². The van der Waals surface area contributed by atoms with Crippen molar-refractivity contribution in [2.75, 3.05) is 5.32 Å². The number of hydrogen-bond acceptors (Lipinski definition) is 6. The van der Waals surface area contributed by atoms with Crippen molar-refractivity contribution < 1.29 is 4.79 Å². The summed E-state index contributed by atoms with van der Waals surface area (Å²) in [7, 11) is 0. The predicted molar refractivity (Wildman–Crippen MR) is 97.1 cm³/mol. The summed E-state index contributed by atoms with van der Waals surface area (Å²) >= 11 is 3.05. The van der Waals surface area contributed by atoms with Gasteiger partial charge < -0.3 is 11.1 Å². The van der Waals surface area contributed by atoms with Crippen LogP contribution >= 0.6 is 35.5 Å². The summed E-state index contributed by atoms with van der Waals surface area (Å²) in [5.74, 6) is 0.879. The summed E-state index contributed by atoms with van der Waals surface area (Å²) < 4.78 is 0.863. The van der Waals surface area contributed by atoms with Crippen molar-refractivity contribution >= 4 is 46.5 Å². The van der Waals surface area contributed by atoms with Crippen LogP contribution in [0.5, 0.6) is 0 Å². The van der Waals surface area contributed by atoms with E-state index >= 15 is 0 Å². The molecule has 0 saturated heterocycles. The maximum atomic E-state index is 12.1. The number of halogens is 1.